The Hall–Kier alpha value is -0.380. The summed E-state index contributed by atoms with van der Waals surface area (Å²) >= 11 is 0. The third-order valence-electron chi connectivity index (χ3n) is 7.92. The van der Waals surface area contributed by atoms with Gasteiger partial charge < -0.3 is 10.2 Å². The molecular formula is C34H69NO2. The lowest BCUT2D eigenvalue weighted by atomic mass is 10.0. The highest BCUT2D eigenvalue weighted by Gasteiger charge is 2.13. The average Bonchev–Trinajstić information content (AvgIpc) is 2.91. The number of unbranched alkanes of at least 4 members (excludes halogenated alkanes) is 23. The van der Waals surface area contributed by atoms with E-state index in [0.29, 0.717) is 6.54 Å². The zero-order valence-electron chi connectivity index (χ0n) is 25.6. The smallest absolute Gasteiger partial charge is 0.0622 e. The summed E-state index contributed by atoms with van der Waals surface area (Å²) in [6.07, 6.45) is 38.6. The number of aliphatic hydroxyl groups excluding tert-OH is 2. The normalized spacial score (nSPS) is 12.8. The Kier molecular flexibility index (Phi) is 31.5. The van der Waals surface area contributed by atoms with E-state index < -0.39 is 0 Å². The van der Waals surface area contributed by atoms with Crippen molar-refractivity contribution in [2.24, 2.45) is 0 Å². The van der Waals surface area contributed by atoms with Crippen LogP contribution in [0.2, 0.25) is 0 Å². The molecule has 3 heteroatoms. The van der Waals surface area contributed by atoms with Crippen molar-refractivity contribution < 1.29 is 10.2 Å². The third kappa shape index (κ3) is 27.0. The van der Waals surface area contributed by atoms with Crippen molar-refractivity contribution >= 4 is 0 Å². The van der Waals surface area contributed by atoms with Gasteiger partial charge in [-0.15, -0.1) is 0 Å². The van der Waals surface area contributed by atoms with Crippen molar-refractivity contribution in [2.75, 3.05) is 26.3 Å². The van der Waals surface area contributed by atoms with Gasteiger partial charge in [0.1, 0.15) is 0 Å². The molecule has 0 aliphatic heterocycles. The SMILES string of the molecule is CCCCCCCCCCCCCCCCC=CC(CO)N(CCO)CCCCCCCCCCCC. The molecule has 0 aromatic carbocycles. The first kappa shape index (κ1) is 36.6. The van der Waals surface area contributed by atoms with E-state index in [1.54, 1.807) is 0 Å². The molecular weight excluding hydrogens is 454 g/mol. The van der Waals surface area contributed by atoms with Gasteiger partial charge >= 0.3 is 0 Å². The molecule has 0 bridgehead atoms. The van der Waals surface area contributed by atoms with Crippen LogP contribution in [-0.4, -0.2) is 47.5 Å². The van der Waals surface area contributed by atoms with Crippen molar-refractivity contribution in [1.82, 2.24) is 4.90 Å². The van der Waals surface area contributed by atoms with Gasteiger partial charge in [0.25, 0.3) is 0 Å². The Balaban J connectivity index is 3.73. The molecule has 1 atom stereocenters. The van der Waals surface area contributed by atoms with Gasteiger partial charge in [-0.1, -0.05) is 167 Å². The molecule has 3 nitrogen and oxygen atoms in total. The monoisotopic (exact) mass is 524 g/mol. The minimum Gasteiger partial charge on any atom is -0.395 e. The van der Waals surface area contributed by atoms with E-state index in [4.69, 9.17) is 0 Å². The summed E-state index contributed by atoms with van der Waals surface area (Å²) in [4.78, 5) is 2.27. The van der Waals surface area contributed by atoms with Gasteiger partial charge in [-0.25, -0.2) is 0 Å². The maximum Gasteiger partial charge on any atom is 0.0622 e. The van der Waals surface area contributed by atoms with Crippen molar-refractivity contribution in [1.29, 1.82) is 0 Å². The van der Waals surface area contributed by atoms with Crippen molar-refractivity contribution in [3.63, 3.8) is 0 Å². The van der Waals surface area contributed by atoms with Crippen LogP contribution in [0.5, 0.6) is 0 Å². The Morgan fingerprint density at radius 2 is 0.865 bits per heavy atom. The zero-order chi connectivity index (χ0) is 27.1. The van der Waals surface area contributed by atoms with Crippen LogP contribution < -0.4 is 0 Å². The summed E-state index contributed by atoms with van der Waals surface area (Å²) in [5.74, 6) is 0. The maximum absolute atomic E-state index is 9.94. The first-order chi connectivity index (χ1) is 18.3. The van der Waals surface area contributed by atoms with E-state index in [2.05, 4.69) is 30.9 Å². The number of hydrogen-bond acceptors (Lipinski definition) is 3. The Bertz CT molecular complexity index is 440. The predicted octanol–water partition coefficient (Wildman–Crippen LogP) is 9.99. The first-order valence-corrected chi connectivity index (χ1v) is 16.9. The van der Waals surface area contributed by atoms with Gasteiger partial charge in [-0.05, 0) is 25.8 Å². The van der Waals surface area contributed by atoms with Crippen molar-refractivity contribution in [3.05, 3.63) is 12.2 Å². The first-order valence-electron chi connectivity index (χ1n) is 16.9. The topological polar surface area (TPSA) is 43.7 Å². The standard InChI is InChI=1S/C34H69NO2/c1-3-5-7-9-11-13-15-16-17-18-19-20-21-23-25-27-29-34(33-37)35(31-32-36)30-28-26-24-22-14-12-10-8-6-4-2/h27,29,34,36-37H,3-26,28,30-33H2,1-2H3. The van der Waals surface area contributed by atoms with Crippen LogP contribution in [-0.2, 0) is 0 Å². The summed E-state index contributed by atoms with van der Waals surface area (Å²) in [5, 5.41) is 19.4. The Labute approximate surface area is 233 Å². The average molecular weight is 524 g/mol. The van der Waals surface area contributed by atoms with Gasteiger partial charge in [0.05, 0.1) is 19.3 Å². The van der Waals surface area contributed by atoms with Crippen LogP contribution >= 0.6 is 0 Å². The molecule has 0 aromatic rings. The minimum atomic E-state index is 0.0531. The van der Waals surface area contributed by atoms with Crippen LogP contribution in [0.15, 0.2) is 12.2 Å². The van der Waals surface area contributed by atoms with Gasteiger partial charge in [-0.2, -0.15) is 0 Å². The van der Waals surface area contributed by atoms with Crippen LogP contribution in [0.1, 0.15) is 174 Å². The second-order valence-electron chi connectivity index (χ2n) is 11.5. The maximum atomic E-state index is 9.94. The Morgan fingerprint density at radius 3 is 1.24 bits per heavy atom. The van der Waals surface area contributed by atoms with E-state index in [9.17, 15) is 10.2 Å². The Morgan fingerprint density at radius 1 is 0.486 bits per heavy atom. The fourth-order valence-electron chi connectivity index (χ4n) is 5.38. The molecule has 0 fully saturated rings. The molecule has 0 aliphatic rings. The van der Waals surface area contributed by atoms with E-state index in [-0.39, 0.29) is 19.3 Å². The van der Waals surface area contributed by atoms with Gasteiger partial charge in [0.15, 0.2) is 0 Å². The fourth-order valence-corrected chi connectivity index (χ4v) is 5.38. The third-order valence-corrected chi connectivity index (χ3v) is 7.92. The quantitative estimate of drug-likeness (QED) is 0.0701. The van der Waals surface area contributed by atoms with Crippen LogP contribution in [0, 0.1) is 0 Å². The summed E-state index contributed by atoms with van der Waals surface area (Å²) in [6, 6.07) is 0.0531. The van der Waals surface area contributed by atoms with Crippen molar-refractivity contribution in [3.8, 4) is 0 Å². The highest BCUT2D eigenvalue weighted by atomic mass is 16.3. The highest BCUT2D eigenvalue weighted by molar-refractivity contribution is 4.94. The predicted molar refractivity (Wildman–Crippen MR) is 165 cm³/mol. The van der Waals surface area contributed by atoms with Gasteiger partial charge in [0, 0.05) is 6.54 Å². The van der Waals surface area contributed by atoms with Gasteiger partial charge in [-0.3, -0.25) is 4.90 Å². The molecule has 0 saturated carbocycles. The molecule has 0 rings (SSSR count). The fraction of sp³-hybridized carbons (Fsp3) is 0.941. The number of nitrogens with zero attached hydrogens (tertiary/aromatic N) is 1. The number of rotatable bonds is 31. The lowest BCUT2D eigenvalue weighted by molar-refractivity contribution is 0.124. The van der Waals surface area contributed by atoms with E-state index in [0.717, 1.165) is 13.0 Å². The molecule has 2 N–H and O–H groups in total. The van der Waals surface area contributed by atoms with Crippen LogP contribution in [0.4, 0.5) is 0 Å². The van der Waals surface area contributed by atoms with Crippen molar-refractivity contribution in [2.45, 2.75) is 180 Å². The second kappa shape index (κ2) is 31.8. The molecule has 0 heterocycles. The number of hydrogen-bond donors (Lipinski definition) is 2. The molecule has 0 aromatic heterocycles. The molecule has 0 radical (unpaired) electrons. The van der Waals surface area contributed by atoms with Crippen LogP contribution in [0.25, 0.3) is 0 Å². The van der Waals surface area contributed by atoms with E-state index in [1.807, 2.05) is 0 Å². The summed E-state index contributed by atoms with van der Waals surface area (Å²) < 4.78 is 0. The van der Waals surface area contributed by atoms with E-state index >= 15 is 0 Å². The summed E-state index contributed by atoms with van der Waals surface area (Å²) in [5.41, 5.74) is 0. The molecule has 0 spiro atoms. The second-order valence-corrected chi connectivity index (χ2v) is 11.5. The molecule has 222 valence electrons. The number of allylic oxidation sites excluding steroid dienone is 1. The summed E-state index contributed by atoms with van der Waals surface area (Å²) in [6.45, 7) is 6.52. The molecule has 1 unspecified atom stereocenters. The molecule has 0 amide bonds. The van der Waals surface area contributed by atoms with E-state index in [1.165, 1.54) is 154 Å². The van der Waals surface area contributed by atoms with Crippen LogP contribution in [0.3, 0.4) is 0 Å². The summed E-state index contributed by atoms with van der Waals surface area (Å²) in [7, 11) is 0. The lowest BCUT2D eigenvalue weighted by Gasteiger charge is -2.27. The highest BCUT2D eigenvalue weighted by Crippen LogP contribution is 2.14. The number of aliphatic hydroxyl groups is 2. The molecule has 0 aliphatic carbocycles. The molecule has 0 saturated heterocycles. The lowest BCUT2D eigenvalue weighted by Crippen LogP contribution is -2.39. The largest absolute Gasteiger partial charge is 0.395 e. The minimum absolute atomic E-state index is 0.0531. The zero-order valence-corrected chi connectivity index (χ0v) is 25.6. The molecule has 37 heavy (non-hydrogen) atoms. The van der Waals surface area contributed by atoms with Gasteiger partial charge in [0.2, 0.25) is 0 Å².